The number of nitrogens with zero attached hydrogens (tertiary/aromatic N) is 3. The minimum absolute atomic E-state index is 0.475. The van der Waals surface area contributed by atoms with Gasteiger partial charge in [-0.05, 0) is 48.5 Å². The average Bonchev–Trinajstić information content (AvgIpc) is 3.28. The maximum absolute atomic E-state index is 5.90. The van der Waals surface area contributed by atoms with Gasteiger partial charge in [-0.3, -0.25) is 0 Å². The fourth-order valence-electron chi connectivity index (χ4n) is 2.36. The standard InChI is InChI=1S/C18H12ClN3O/c19-15-8-6-13(7-9-15)18-20-17(21-23-18)14-4-3-5-16(12-14)22-10-1-2-11-22/h1-12H. The first-order valence-corrected chi connectivity index (χ1v) is 7.51. The number of halogens is 1. The van der Waals surface area contributed by atoms with Gasteiger partial charge in [0.05, 0.1) is 0 Å². The Morgan fingerprint density at radius 1 is 0.870 bits per heavy atom. The SMILES string of the molecule is Clc1ccc(-c2nc(-c3cccc(-n4cccc4)c3)no2)cc1. The Kier molecular flexibility index (Phi) is 3.44. The molecule has 2 aromatic heterocycles. The zero-order valence-electron chi connectivity index (χ0n) is 12.1. The fourth-order valence-corrected chi connectivity index (χ4v) is 2.49. The van der Waals surface area contributed by atoms with Crippen molar-refractivity contribution in [1.82, 2.24) is 14.7 Å². The van der Waals surface area contributed by atoms with E-state index in [1.54, 1.807) is 12.1 Å². The minimum Gasteiger partial charge on any atom is -0.334 e. The summed E-state index contributed by atoms with van der Waals surface area (Å²) in [6.45, 7) is 0. The van der Waals surface area contributed by atoms with Crippen molar-refractivity contribution >= 4 is 11.6 Å². The predicted molar refractivity (Wildman–Crippen MR) is 89.5 cm³/mol. The molecular formula is C18H12ClN3O. The highest BCUT2D eigenvalue weighted by atomic mass is 35.5. The summed E-state index contributed by atoms with van der Waals surface area (Å²) in [6.07, 6.45) is 3.99. The molecule has 4 aromatic rings. The van der Waals surface area contributed by atoms with E-state index >= 15 is 0 Å². The highest BCUT2D eigenvalue weighted by molar-refractivity contribution is 6.30. The van der Waals surface area contributed by atoms with Crippen molar-refractivity contribution in [1.29, 1.82) is 0 Å². The summed E-state index contributed by atoms with van der Waals surface area (Å²) in [6, 6.07) is 19.3. The van der Waals surface area contributed by atoms with Gasteiger partial charge in [-0.25, -0.2) is 0 Å². The lowest BCUT2D eigenvalue weighted by Crippen LogP contribution is -1.90. The van der Waals surface area contributed by atoms with Crippen LogP contribution in [-0.2, 0) is 0 Å². The third kappa shape index (κ3) is 2.76. The van der Waals surface area contributed by atoms with Crippen LogP contribution >= 0.6 is 11.6 Å². The molecule has 0 aliphatic rings. The molecule has 0 atom stereocenters. The van der Waals surface area contributed by atoms with Gasteiger partial charge in [0.1, 0.15) is 0 Å². The number of rotatable bonds is 3. The lowest BCUT2D eigenvalue weighted by molar-refractivity contribution is 0.432. The van der Waals surface area contributed by atoms with Gasteiger partial charge < -0.3 is 9.09 Å². The largest absolute Gasteiger partial charge is 0.334 e. The molecule has 0 saturated heterocycles. The van der Waals surface area contributed by atoms with Crippen LogP contribution in [0.1, 0.15) is 0 Å². The molecule has 0 aliphatic carbocycles. The van der Waals surface area contributed by atoms with Gasteiger partial charge in [-0.1, -0.05) is 28.9 Å². The predicted octanol–water partition coefficient (Wildman–Crippen LogP) is 4.85. The van der Waals surface area contributed by atoms with E-state index in [0.29, 0.717) is 16.7 Å². The second kappa shape index (κ2) is 5.74. The Labute approximate surface area is 138 Å². The number of benzene rings is 2. The summed E-state index contributed by atoms with van der Waals surface area (Å²) in [5, 5.41) is 4.75. The maximum Gasteiger partial charge on any atom is 0.258 e. The van der Waals surface area contributed by atoms with Gasteiger partial charge in [-0.2, -0.15) is 4.98 Å². The molecule has 0 radical (unpaired) electrons. The molecule has 0 amide bonds. The summed E-state index contributed by atoms with van der Waals surface area (Å²) in [5.41, 5.74) is 2.79. The summed E-state index contributed by atoms with van der Waals surface area (Å²) >= 11 is 5.90. The zero-order chi connectivity index (χ0) is 15.6. The molecule has 4 rings (SSSR count). The van der Waals surface area contributed by atoms with E-state index in [9.17, 15) is 0 Å². The van der Waals surface area contributed by atoms with Crippen LogP contribution in [0.5, 0.6) is 0 Å². The molecule has 112 valence electrons. The first kappa shape index (κ1) is 13.8. The quantitative estimate of drug-likeness (QED) is 0.542. The van der Waals surface area contributed by atoms with Crippen molar-refractivity contribution in [2.75, 3.05) is 0 Å². The van der Waals surface area contributed by atoms with Crippen LogP contribution in [0.15, 0.2) is 77.6 Å². The molecular weight excluding hydrogens is 310 g/mol. The van der Waals surface area contributed by atoms with Crippen LogP contribution in [-0.4, -0.2) is 14.7 Å². The van der Waals surface area contributed by atoms with Crippen LogP contribution in [0.3, 0.4) is 0 Å². The van der Waals surface area contributed by atoms with Gasteiger partial charge in [0.25, 0.3) is 5.89 Å². The number of aromatic nitrogens is 3. The van der Waals surface area contributed by atoms with Gasteiger partial charge in [0, 0.05) is 34.2 Å². The van der Waals surface area contributed by atoms with E-state index in [0.717, 1.165) is 16.8 Å². The van der Waals surface area contributed by atoms with Crippen LogP contribution in [0.4, 0.5) is 0 Å². The van der Waals surface area contributed by atoms with Gasteiger partial charge >= 0.3 is 0 Å². The second-order valence-corrected chi connectivity index (χ2v) is 5.51. The highest BCUT2D eigenvalue weighted by Crippen LogP contribution is 2.24. The van der Waals surface area contributed by atoms with Crippen LogP contribution in [0, 0.1) is 0 Å². The molecule has 5 heteroatoms. The normalized spacial score (nSPS) is 10.8. The minimum atomic E-state index is 0.475. The third-order valence-corrected chi connectivity index (χ3v) is 3.78. The lowest BCUT2D eigenvalue weighted by atomic mass is 10.2. The first-order chi connectivity index (χ1) is 11.3. The summed E-state index contributed by atoms with van der Waals surface area (Å²) in [4.78, 5) is 4.47. The highest BCUT2D eigenvalue weighted by Gasteiger charge is 2.11. The van der Waals surface area contributed by atoms with Crippen molar-refractivity contribution in [2.24, 2.45) is 0 Å². The Bertz CT molecular complexity index is 927. The molecule has 0 spiro atoms. The van der Waals surface area contributed by atoms with Gasteiger partial charge in [0.15, 0.2) is 0 Å². The van der Waals surface area contributed by atoms with E-state index < -0.39 is 0 Å². The van der Waals surface area contributed by atoms with Crippen molar-refractivity contribution in [2.45, 2.75) is 0 Å². The van der Waals surface area contributed by atoms with E-state index in [-0.39, 0.29) is 0 Å². The average molecular weight is 322 g/mol. The lowest BCUT2D eigenvalue weighted by Gasteiger charge is -2.03. The Morgan fingerprint density at radius 2 is 1.65 bits per heavy atom. The van der Waals surface area contributed by atoms with E-state index in [1.165, 1.54) is 0 Å². The van der Waals surface area contributed by atoms with Gasteiger partial charge in [-0.15, -0.1) is 0 Å². The molecule has 0 fully saturated rings. The molecule has 0 aliphatic heterocycles. The summed E-state index contributed by atoms with van der Waals surface area (Å²) in [7, 11) is 0. The summed E-state index contributed by atoms with van der Waals surface area (Å²) < 4.78 is 7.40. The molecule has 23 heavy (non-hydrogen) atoms. The topological polar surface area (TPSA) is 43.9 Å². The van der Waals surface area contributed by atoms with Crippen LogP contribution in [0.25, 0.3) is 28.5 Å². The second-order valence-electron chi connectivity index (χ2n) is 5.07. The van der Waals surface area contributed by atoms with Crippen molar-refractivity contribution in [3.63, 3.8) is 0 Å². The Morgan fingerprint density at radius 3 is 2.43 bits per heavy atom. The van der Waals surface area contributed by atoms with E-state index in [4.69, 9.17) is 16.1 Å². The van der Waals surface area contributed by atoms with Gasteiger partial charge in [0.2, 0.25) is 5.82 Å². The van der Waals surface area contributed by atoms with Crippen LogP contribution in [0.2, 0.25) is 5.02 Å². The molecule has 2 heterocycles. The molecule has 0 unspecified atom stereocenters. The fraction of sp³-hybridized carbons (Fsp3) is 0. The van der Waals surface area contributed by atoms with Crippen molar-refractivity contribution in [3.05, 3.63) is 78.1 Å². The zero-order valence-corrected chi connectivity index (χ0v) is 12.8. The monoisotopic (exact) mass is 321 g/mol. The third-order valence-electron chi connectivity index (χ3n) is 3.52. The molecule has 0 bridgehead atoms. The smallest absolute Gasteiger partial charge is 0.258 e. The van der Waals surface area contributed by atoms with E-state index in [1.807, 2.05) is 65.5 Å². The van der Waals surface area contributed by atoms with E-state index in [2.05, 4.69) is 10.1 Å². The maximum atomic E-state index is 5.90. The number of hydrogen-bond donors (Lipinski definition) is 0. The molecule has 0 saturated carbocycles. The first-order valence-electron chi connectivity index (χ1n) is 7.13. The van der Waals surface area contributed by atoms with Crippen molar-refractivity contribution in [3.8, 4) is 28.5 Å². The molecule has 0 N–H and O–H groups in total. The summed E-state index contributed by atoms with van der Waals surface area (Å²) in [5.74, 6) is 1.03. The molecule has 4 nitrogen and oxygen atoms in total. The number of hydrogen-bond acceptors (Lipinski definition) is 3. The Balaban J connectivity index is 1.69. The molecule has 2 aromatic carbocycles. The Hall–Kier alpha value is -2.85. The van der Waals surface area contributed by atoms with Crippen LogP contribution < -0.4 is 0 Å². The van der Waals surface area contributed by atoms with Crippen molar-refractivity contribution < 1.29 is 4.52 Å².